The van der Waals surface area contributed by atoms with E-state index >= 15 is 0 Å². The fraction of sp³-hybridized carbons (Fsp3) is 0.417. The summed E-state index contributed by atoms with van der Waals surface area (Å²) in [5.41, 5.74) is 2.06. The van der Waals surface area contributed by atoms with Crippen LogP contribution in [0.4, 0.5) is 0 Å². The van der Waals surface area contributed by atoms with Gasteiger partial charge in [-0.2, -0.15) is 4.31 Å². The molecule has 0 radical (unpaired) electrons. The Morgan fingerprint density at radius 1 is 1.16 bits per heavy atom. The van der Waals surface area contributed by atoms with Gasteiger partial charge in [0.2, 0.25) is 10.0 Å². The van der Waals surface area contributed by atoms with Gasteiger partial charge in [0, 0.05) is 18.2 Å². The average molecular weight is 455 g/mol. The lowest BCUT2D eigenvalue weighted by Gasteiger charge is -2.32. The summed E-state index contributed by atoms with van der Waals surface area (Å²) in [5.74, 6) is 0.439. The molecule has 1 aliphatic rings. The van der Waals surface area contributed by atoms with E-state index in [9.17, 15) is 13.2 Å². The largest absolute Gasteiger partial charge is 0.342 e. The van der Waals surface area contributed by atoms with Crippen molar-refractivity contribution in [3.05, 3.63) is 59.9 Å². The molecule has 4 rings (SSSR count). The smallest absolute Gasteiger partial charge is 0.251 e. The lowest BCUT2D eigenvalue weighted by molar-refractivity contribution is 0.0923. The van der Waals surface area contributed by atoms with Gasteiger partial charge in [0.15, 0.2) is 0 Å². The standard InChI is InChI=1S/C24H30N4O3S/c1-16(2)22(23-25-20-12-4-5-13-21(20)26-23)27-24(29)18-10-8-11-19(15-18)32(30,31)28-14-7-6-9-17(28)3/h4-5,8,10-13,15-17,22H,6-7,9,14H2,1-3H3,(H,25,26)(H,27,29). The highest BCUT2D eigenvalue weighted by Gasteiger charge is 2.31. The van der Waals surface area contributed by atoms with Crippen molar-refractivity contribution in [3.63, 3.8) is 0 Å². The molecule has 1 fully saturated rings. The first-order valence-corrected chi connectivity index (χ1v) is 12.6. The molecule has 2 atom stereocenters. The zero-order chi connectivity index (χ0) is 22.9. The fourth-order valence-electron chi connectivity index (χ4n) is 4.26. The molecule has 1 saturated heterocycles. The fourth-order valence-corrected chi connectivity index (χ4v) is 6.00. The molecule has 3 aromatic rings. The van der Waals surface area contributed by atoms with Crippen LogP contribution in [-0.2, 0) is 10.0 Å². The first-order chi connectivity index (χ1) is 15.3. The number of aromatic nitrogens is 2. The minimum atomic E-state index is -3.65. The van der Waals surface area contributed by atoms with Crippen molar-refractivity contribution in [1.82, 2.24) is 19.6 Å². The number of carbonyl (C=O) groups excluding carboxylic acids is 1. The molecule has 0 saturated carbocycles. The second-order valence-electron chi connectivity index (χ2n) is 8.82. The van der Waals surface area contributed by atoms with Crippen molar-refractivity contribution in [2.45, 2.75) is 57.0 Å². The molecule has 7 nitrogen and oxygen atoms in total. The molecular formula is C24H30N4O3S. The van der Waals surface area contributed by atoms with Crippen LogP contribution in [0.15, 0.2) is 53.4 Å². The van der Waals surface area contributed by atoms with E-state index in [1.165, 1.54) is 6.07 Å². The summed E-state index contributed by atoms with van der Waals surface area (Å²) in [6.07, 6.45) is 2.75. The van der Waals surface area contributed by atoms with Gasteiger partial charge in [-0.15, -0.1) is 0 Å². The molecule has 0 bridgehead atoms. The van der Waals surface area contributed by atoms with Crippen molar-refractivity contribution in [2.24, 2.45) is 5.92 Å². The van der Waals surface area contributed by atoms with Crippen molar-refractivity contribution >= 4 is 27.0 Å². The van der Waals surface area contributed by atoms with Gasteiger partial charge in [0.25, 0.3) is 5.91 Å². The highest BCUT2D eigenvalue weighted by atomic mass is 32.2. The Labute approximate surface area is 189 Å². The van der Waals surface area contributed by atoms with Crippen LogP contribution in [0.3, 0.4) is 0 Å². The summed E-state index contributed by atoms with van der Waals surface area (Å²) in [4.78, 5) is 21.2. The third kappa shape index (κ3) is 4.42. The monoisotopic (exact) mass is 454 g/mol. The number of piperidine rings is 1. The van der Waals surface area contributed by atoms with Crippen LogP contribution in [0, 0.1) is 5.92 Å². The second-order valence-corrected chi connectivity index (χ2v) is 10.7. The Balaban J connectivity index is 1.58. The average Bonchev–Trinajstić information content (AvgIpc) is 3.21. The lowest BCUT2D eigenvalue weighted by atomic mass is 10.0. The van der Waals surface area contributed by atoms with Gasteiger partial charge in [-0.1, -0.05) is 38.5 Å². The first-order valence-electron chi connectivity index (χ1n) is 11.1. The number of carbonyl (C=O) groups is 1. The van der Waals surface area contributed by atoms with Crippen LogP contribution in [0.5, 0.6) is 0 Å². The van der Waals surface area contributed by atoms with Crippen LogP contribution in [-0.4, -0.2) is 41.2 Å². The van der Waals surface area contributed by atoms with E-state index in [1.54, 1.807) is 22.5 Å². The molecule has 170 valence electrons. The number of nitrogens with one attached hydrogen (secondary N) is 2. The number of aromatic amines is 1. The van der Waals surface area contributed by atoms with E-state index in [2.05, 4.69) is 15.3 Å². The second kappa shape index (κ2) is 9.03. The van der Waals surface area contributed by atoms with E-state index in [0.29, 0.717) is 17.9 Å². The summed E-state index contributed by atoms with van der Waals surface area (Å²) in [6, 6.07) is 13.7. The van der Waals surface area contributed by atoms with Crippen LogP contribution < -0.4 is 5.32 Å². The molecule has 2 unspecified atom stereocenters. The zero-order valence-electron chi connectivity index (χ0n) is 18.7. The predicted molar refractivity (Wildman–Crippen MR) is 125 cm³/mol. The Bertz CT molecular complexity index is 1190. The Morgan fingerprint density at radius 3 is 2.66 bits per heavy atom. The number of benzene rings is 2. The van der Waals surface area contributed by atoms with Gasteiger partial charge in [0.1, 0.15) is 5.82 Å². The number of amides is 1. The van der Waals surface area contributed by atoms with Gasteiger partial charge in [-0.25, -0.2) is 13.4 Å². The van der Waals surface area contributed by atoms with E-state index in [4.69, 9.17) is 0 Å². The zero-order valence-corrected chi connectivity index (χ0v) is 19.5. The molecule has 0 spiro atoms. The predicted octanol–water partition coefficient (Wildman–Crippen LogP) is 4.25. The highest BCUT2D eigenvalue weighted by Crippen LogP contribution is 2.26. The Morgan fingerprint density at radius 2 is 1.94 bits per heavy atom. The normalized spacial score (nSPS) is 18.7. The number of para-hydroxylation sites is 2. The van der Waals surface area contributed by atoms with Crippen molar-refractivity contribution in [2.75, 3.05) is 6.54 Å². The molecule has 1 aromatic heterocycles. The van der Waals surface area contributed by atoms with Gasteiger partial charge in [0.05, 0.1) is 22.0 Å². The molecule has 0 aliphatic carbocycles. The molecule has 2 aromatic carbocycles. The van der Waals surface area contributed by atoms with E-state index in [0.717, 1.165) is 30.3 Å². The first kappa shape index (κ1) is 22.5. The SMILES string of the molecule is CC(C)C(NC(=O)c1cccc(S(=O)(=O)N2CCCCC2C)c1)c1nc2ccccc2[nH]1. The molecule has 32 heavy (non-hydrogen) atoms. The molecule has 1 amide bonds. The number of sulfonamides is 1. The number of H-pyrrole nitrogens is 1. The van der Waals surface area contributed by atoms with Crippen LogP contribution in [0.25, 0.3) is 11.0 Å². The number of rotatable bonds is 6. The number of nitrogens with zero attached hydrogens (tertiary/aromatic N) is 2. The van der Waals surface area contributed by atoms with Gasteiger partial charge in [-0.05, 0) is 56.0 Å². The Kier molecular flexibility index (Phi) is 6.35. The lowest BCUT2D eigenvalue weighted by Crippen LogP contribution is -2.42. The van der Waals surface area contributed by atoms with Crippen LogP contribution >= 0.6 is 0 Å². The molecule has 2 N–H and O–H groups in total. The third-order valence-corrected chi connectivity index (χ3v) is 8.11. The molecule has 1 aliphatic heterocycles. The molecule has 2 heterocycles. The maximum atomic E-state index is 13.2. The quantitative estimate of drug-likeness (QED) is 0.582. The van der Waals surface area contributed by atoms with Crippen LogP contribution in [0.1, 0.15) is 62.3 Å². The molecular weight excluding hydrogens is 424 g/mol. The molecule has 8 heteroatoms. The maximum Gasteiger partial charge on any atom is 0.251 e. The summed E-state index contributed by atoms with van der Waals surface area (Å²) in [6.45, 7) is 6.47. The van der Waals surface area contributed by atoms with Gasteiger partial charge >= 0.3 is 0 Å². The third-order valence-electron chi connectivity index (χ3n) is 6.10. The summed E-state index contributed by atoms with van der Waals surface area (Å²) >= 11 is 0. The Hall–Kier alpha value is -2.71. The minimum absolute atomic E-state index is 0.0374. The number of hydrogen-bond acceptors (Lipinski definition) is 4. The number of imidazole rings is 1. The van der Waals surface area contributed by atoms with Gasteiger partial charge < -0.3 is 10.3 Å². The summed E-state index contributed by atoms with van der Waals surface area (Å²) in [5, 5.41) is 3.04. The number of hydrogen-bond donors (Lipinski definition) is 2. The maximum absolute atomic E-state index is 13.2. The van der Waals surface area contributed by atoms with E-state index in [1.807, 2.05) is 45.0 Å². The van der Waals surface area contributed by atoms with Crippen molar-refractivity contribution in [1.29, 1.82) is 0 Å². The van der Waals surface area contributed by atoms with E-state index in [-0.39, 0.29) is 28.8 Å². The topological polar surface area (TPSA) is 95.2 Å². The highest BCUT2D eigenvalue weighted by molar-refractivity contribution is 7.89. The van der Waals surface area contributed by atoms with E-state index < -0.39 is 10.0 Å². The number of fused-ring (bicyclic) bond motifs is 1. The van der Waals surface area contributed by atoms with Crippen LogP contribution in [0.2, 0.25) is 0 Å². The van der Waals surface area contributed by atoms with Crippen molar-refractivity contribution < 1.29 is 13.2 Å². The van der Waals surface area contributed by atoms with Gasteiger partial charge in [-0.3, -0.25) is 4.79 Å². The van der Waals surface area contributed by atoms with Crippen molar-refractivity contribution in [3.8, 4) is 0 Å². The minimum Gasteiger partial charge on any atom is -0.342 e. The summed E-state index contributed by atoms with van der Waals surface area (Å²) in [7, 11) is -3.65. The summed E-state index contributed by atoms with van der Waals surface area (Å²) < 4.78 is 28.0.